The van der Waals surface area contributed by atoms with Crippen molar-refractivity contribution in [1.82, 2.24) is 5.32 Å². The lowest BCUT2D eigenvalue weighted by molar-refractivity contribution is -0.149. The Morgan fingerprint density at radius 2 is 1.71 bits per heavy atom. The zero-order valence-electron chi connectivity index (χ0n) is 21.7. The molecule has 38 heavy (non-hydrogen) atoms. The number of esters is 2. The maximum absolute atomic E-state index is 13.1. The molecule has 1 heterocycles. The first-order valence-corrected chi connectivity index (χ1v) is 12.6. The molecule has 2 aromatic carbocycles. The van der Waals surface area contributed by atoms with Gasteiger partial charge < -0.3 is 23.9 Å². The van der Waals surface area contributed by atoms with Crippen molar-refractivity contribution in [3.63, 3.8) is 0 Å². The highest BCUT2D eigenvalue weighted by Gasteiger charge is 2.29. The van der Waals surface area contributed by atoms with Crippen LogP contribution in [0.1, 0.15) is 56.7 Å². The van der Waals surface area contributed by atoms with Crippen LogP contribution in [0.3, 0.4) is 0 Å². The SMILES string of the molecule is CC(C)(C)OC(=O)NC(CC(=O)OCc1ccccc1)C(=O)Oc1ccc2c3c(c(=O)oc2c1)CCCC3. The van der Waals surface area contributed by atoms with Crippen LogP contribution in [0.5, 0.6) is 5.75 Å². The van der Waals surface area contributed by atoms with Gasteiger partial charge in [-0.1, -0.05) is 30.3 Å². The number of amides is 1. The van der Waals surface area contributed by atoms with Gasteiger partial charge in [0.1, 0.15) is 29.6 Å². The number of alkyl carbamates (subject to hydrolysis) is 1. The number of ether oxygens (including phenoxy) is 3. The largest absolute Gasteiger partial charge is 0.461 e. The van der Waals surface area contributed by atoms with E-state index in [0.717, 1.165) is 35.8 Å². The summed E-state index contributed by atoms with van der Waals surface area (Å²) in [6.07, 6.45) is 2.04. The van der Waals surface area contributed by atoms with E-state index >= 15 is 0 Å². The molecular weight excluding hydrogens is 490 g/mol. The van der Waals surface area contributed by atoms with Gasteiger partial charge in [0.15, 0.2) is 0 Å². The number of nitrogens with one attached hydrogen (secondary N) is 1. The fraction of sp³-hybridized carbons (Fsp3) is 0.379. The van der Waals surface area contributed by atoms with E-state index in [1.54, 1.807) is 45.0 Å². The summed E-state index contributed by atoms with van der Waals surface area (Å²) < 4.78 is 21.5. The first kappa shape index (κ1) is 26.9. The van der Waals surface area contributed by atoms with E-state index in [2.05, 4.69) is 5.32 Å². The molecule has 0 aliphatic heterocycles. The number of rotatable bonds is 7. The van der Waals surface area contributed by atoms with Crippen molar-refractivity contribution in [2.45, 2.75) is 71.1 Å². The molecule has 4 rings (SSSR count). The highest BCUT2D eigenvalue weighted by atomic mass is 16.6. The van der Waals surface area contributed by atoms with Crippen molar-refractivity contribution in [2.75, 3.05) is 0 Å². The Bertz CT molecular complexity index is 1390. The molecule has 0 saturated heterocycles. The molecule has 200 valence electrons. The Balaban J connectivity index is 1.50. The zero-order valence-corrected chi connectivity index (χ0v) is 21.7. The Morgan fingerprint density at radius 3 is 2.42 bits per heavy atom. The standard InChI is InChI=1S/C29H31NO8/c1-29(2,3)38-28(34)30-23(16-25(31)35-17-18-9-5-4-6-10-18)27(33)36-19-13-14-21-20-11-7-8-12-22(20)26(32)37-24(21)15-19/h4-6,9-10,13-15,23H,7-8,11-12,16-17H2,1-3H3,(H,30,34). The van der Waals surface area contributed by atoms with E-state index in [1.807, 2.05) is 18.2 Å². The first-order valence-electron chi connectivity index (χ1n) is 12.6. The van der Waals surface area contributed by atoms with Crippen LogP contribution < -0.4 is 15.7 Å². The molecule has 0 spiro atoms. The third-order valence-electron chi connectivity index (χ3n) is 6.00. The van der Waals surface area contributed by atoms with Gasteiger partial charge in [0.25, 0.3) is 0 Å². The monoisotopic (exact) mass is 521 g/mol. The van der Waals surface area contributed by atoms with Crippen molar-refractivity contribution in [2.24, 2.45) is 0 Å². The van der Waals surface area contributed by atoms with E-state index in [9.17, 15) is 19.2 Å². The molecule has 1 aliphatic carbocycles. The van der Waals surface area contributed by atoms with Crippen LogP contribution in [0.2, 0.25) is 0 Å². The quantitative estimate of drug-likeness (QED) is 0.272. The molecule has 1 aromatic heterocycles. The second kappa shape index (κ2) is 11.5. The van der Waals surface area contributed by atoms with Gasteiger partial charge in [-0.15, -0.1) is 0 Å². The lowest BCUT2D eigenvalue weighted by atomic mass is 9.91. The summed E-state index contributed by atoms with van der Waals surface area (Å²) in [6, 6.07) is 12.5. The topological polar surface area (TPSA) is 121 Å². The van der Waals surface area contributed by atoms with Crippen molar-refractivity contribution in [1.29, 1.82) is 0 Å². The summed E-state index contributed by atoms with van der Waals surface area (Å²) in [7, 11) is 0. The molecule has 1 unspecified atom stereocenters. The zero-order chi connectivity index (χ0) is 27.3. The second-order valence-electron chi connectivity index (χ2n) is 10.2. The Labute approximate surface area is 220 Å². The normalized spacial score (nSPS) is 13.8. The Hall–Kier alpha value is -4.14. The second-order valence-corrected chi connectivity index (χ2v) is 10.2. The van der Waals surface area contributed by atoms with Crippen molar-refractivity contribution in [3.8, 4) is 5.75 Å². The minimum absolute atomic E-state index is 0.0158. The third-order valence-corrected chi connectivity index (χ3v) is 6.00. The van der Waals surface area contributed by atoms with Gasteiger partial charge in [-0.05, 0) is 69.7 Å². The molecule has 1 N–H and O–H groups in total. The van der Waals surface area contributed by atoms with Crippen LogP contribution in [0.15, 0.2) is 57.7 Å². The number of fused-ring (bicyclic) bond motifs is 3. The minimum atomic E-state index is -1.38. The van der Waals surface area contributed by atoms with Gasteiger partial charge in [-0.25, -0.2) is 14.4 Å². The fourth-order valence-corrected chi connectivity index (χ4v) is 4.28. The third kappa shape index (κ3) is 7.00. The predicted molar refractivity (Wildman–Crippen MR) is 139 cm³/mol. The van der Waals surface area contributed by atoms with Gasteiger partial charge in [0, 0.05) is 17.0 Å². The Morgan fingerprint density at radius 1 is 1.00 bits per heavy atom. The average Bonchev–Trinajstić information content (AvgIpc) is 2.86. The maximum atomic E-state index is 13.1. The van der Waals surface area contributed by atoms with E-state index in [0.29, 0.717) is 17.6 Å². The summed E-state index contributed by atoms with van der Waals surface area (Å²) >= 11 is 0. The van der Waals surface area contributed by atoms with Crippen LogP contribution in [-0.2, 0) is 38.5 Å². The van der Waals surface area contributed by atoms with Crippen LogP contribution in [0, 0.1) is 0 Å². The molecule has 0 radical (unpaired) electrons. The maximum Gasteiger partial charge on any atom is 0.408 e. The highest BCUT2D eigenvalue weighted by molar-refractivity contribution is 5.88. The van der Waals surface area contributed by atoms with Crippen LogP contribution in [-0.4, -0.2) is 29.7 Å². The fourth-order valence-electron chi connectivity index (χ4n) is 4.28. The summed E-state index contributed by atoms with van der Waals surface area (Å²) in [4.78, 5) is 50.4. The number of hydrogen-bond acceptors (Lipinski definition) is 8. The van der Waals surface area contributed by atoms with Gasteiger partial charge in [-0.2, -0.15) is 0 Å². The molecule has 1 atom stereocenters. The number of aryl methyl sites for hydroxylation is 1. The molecule has 0 bridgehead atoms. The highest BCUT2D eigenvalue weighted by Crippen LogP contribution is 2.29. The summed E-state index contributed by atoms with van der Waals surface area (Å²) in [5, 5.41) is 3.20. The summed E-state index contributed by atoms with van der Waals surface area (Å²) in [6.45, 7) is 5.04. The lowest BCUT2D eigenvalue weighted by Crippen LogP contribution is -2.46. The molecule has 1 amide bonds. The minimum Gasteiger partial charge on any atom is -0.461 e. The molecule has 0 saturated carbocycles. The van der Waals surface area contributed by atoms with E-state index in [-0.39, 0.29) is 18.0 Å². The van der Waals surface area contributed by atoms with Gasteiger partial charge in [0.2, 0.25) is 0 Å². The van der Waals surface area contributed by atoms with Gasteiger partial charge in [-0.3, -0.25) is 4.79 Å². The predicted octanol–water partition coefficient (Wildman–Crippen LogP) is 4.60. The smallest absolute Gasteiger partial charge is 0.408 e. The summed E-state index contributed by atoms with van der Waals surface area (Å²) in [5.41, 5.74) is 1.54. The van der Waals surface area contributed by atoms with Crippen molar-refractivity contribution in [3.05, 3.63) is 75.6 Å². The molecule has 0 fully saturated rings. The lowest BCUT2D eigenvalue weighted by Gasteiger charge is -2.22. The van der Waals surface area contributed by atoms with Crippen LogP contribution in [0.4, 0.5) is 4.79 Å². The molecule has 9 heteroatoms. The van der Waals surface area contributed by atoms with Gasteiger partial charge >= 0.3 is 23.7 Å². The molecule has 1 aliphatic rings. The van der Waals surface area contributed by atoms with Crippen LogP contribution >= 0.6 is 0 Å². The average molecular weight is 522 g/mol. The number of benzene rings is 2. The molecule has 3 aromatic rings. The van der Waals surface area contributed by atoms with Crippen LogP contribution in [0.25, 0.3) is 11.0 Å². The van der Waals surface area contributed by atoms with Crippen molar-refractivity contribution >= 4 is 29.0 Å². The molecular formula is C29H31NO8. The van der Waals surface area contributed by atoms with Crippen molar-refractivity contribution < 1.29 is 33.0 Å². The summed E-state index contributed by atoms with van der Waals surface area (Å²) in [5.74, 6) is -1.50. The Kier molecular flexibility index (Phi) is 8.14. The number of carbonyl (C=O) groups excluding carboxylic acids is 3. The van der Waals surface area contributed by atoms with E-state index in [1.165, 1.54) is 6.07 Å². The first-order chi connectivity index (χ1) is 18.1. The van der Waals surface area contributed by atoms with Gasteiger partial charge in [0.05, 0.1) is 6.42 Å². The number of hydrogen-bond donors (Lipinski definition) is 1. The van der Waals surface area contributed by atoms with E-state index in [4.69, 9.17) is 18.6 Å². The van der Waals surface area contributed by atoms with E-state index < -0.39 is 36.1 Å². The molecule has 9 nitrogen and oxygen atoms in total. The number of carbonyl (C=O) groups is 3.